The molecule has 14 heavy (non-hydrogen) atoms. The van der Waals surface area contributed by atoms with Gasteiger partial charge in [0.15, 0.2) is 6.61 Å². The number of primary amides is 1. The van der Waals surface area contributed by atoms with Crippen molar-refractivity contribution in [3.05, 3.63) is 30.3 Å². The van der Waals surface area contributed by atoms with Crippen LogP contribution in [0.1, 0.15) is 5.56 Å². The zero-order chi connectivity index (χ0) is 10.4. The number of ether oxygens (including phenoxy) is 1. The van der Waals surface area contributed by atoms with Gasteiger partial charge in [0.25, 0.3) is 0 Å². The van der Waals surface area contributed by atoms with E-state index in [0.29, 0.717) is 11.4 Å². The van der Waals surface area contributed by atoms with E-state index >= 15 is 0 Å². The number of carbonyl (C=O) groups is 1. The van der Waals surface area contributed by atoms with Crippen LogP contribution >= 0.6 is 0 Å². The number of nitrogens with zero attached hydrogens (tertiary/aromatic N) is 2. The van der Waals surface area contributed by atoms with Crippen LogP contribution in [-0.2, 0) is 4.79 Å². The molecule has 5 nitrogen and oxygen atoms in total. The SMILES string of the molecule is N#CCOc1ccc([CH]C(N)=O)cn1. The molecule has 1 heterocycles. The Balaban J connectivity index is 2.60. The van der Waals surface area contributed by atoms with Crippen LogP contribution in [0.15, 0.2) is 18.3 Å². The quantitative estimate of drug-likeness (QED) is 0.724. The van der Waals surface area contributed by atoms with Crippen molar-refractivity contribution in [2.24, 2.45) is 5.73 Å². The second-order valence-electron chi connectivity index (χ2n) is 2.42. The maximum Gasteiger partial charge on any atom is 0.226 e. The first kappa shape index (κ1) is 9.99. The van der Waals surface area contributed by atoms with Crippen LogP contribution in [0.25, 0.3) is 0 Å². The standard InChI is InChI=1S/C9H8N3O2/c10-3-4-14-9-2-1-7(6-12-9)5-8(11)13/h1-2,5-6H,4H2,(H2,11,13). The number of nitrogens with two attached hydrogens (primary N) is 1. The highest BCUT2D eigenvalue weighted by Crippen LogP contribution is 2.08. The van der Waals surface area contributed by atoms with Crippen molar-refractivity contribution in [3.8, 4) is 11.9 Å². The number of carbonyl (C=O) groups excluding carboxylic acids is 1. The number of nitriles is 1. The molecule has 0 saturated heterocycles. The highest BCUT2D eigenvalue weighted by atomic mass is 16.5. The third-order valence-corrected chi connectivity index (χ3v) is 1.35. The summed E-state index contributed by atoms with van der Waals surface area (Å²) in [4.78, 5) is 14.3. The molecular weight excluding hydrogens is 182 g/mol. The fourth-order valence-corrected chi connectivity index (χ4v) is 0.833. The molecule has 0 fully saturated rings. The fraction of sp³-hybridized carbons (Fsp3) is 0.111. The Morgan fingerprint density at radius 3 is 3.00 bits per heavy atom. The maximum absolute atomic E-state index is 10.5. The van der Waals surface area contributed by atoms with Gasteiger partial charge in [-0.25, -0.2) is 4.98 Å². The van der Waals surface area contributed by atoms with Gasteiger partial charge >= 0.3 is 0 Å². The maximum atomic E-state index is 10.5. The van der Waals surface area contributed by atoms with E-state index in [9.17, 15) is 4.79 Å². The number of hydrogen-bond acceptors (Lipinski definition) is 4. The van der Waals surface area contributed by atoms with E-state index in [1.165, 1.54) is 12.6 Å². The fourth-order valence-electron chi connectivity index (χ4n) is 0.833. The molecule has 0 saturated carbocycles. The van der Waals surface area contributed by atoms with Gasteiger partial charge in [0.1, 0.15) is 6.07 Å². The third-order valence-electron chi connectivity index (χ3n) is 1.35. The van der Waals surface area contributed by atoms with Gasteiger partial charge in [-0.05, 0) is 5.56 Å². The Hall–Kier alpha value is -2.09. The van der Waals surface area contributed by atoms with Gasteiger partial charge in [0, 0.05) is 12.3 Å². The van der Waals surface area contributed by atoms with E-state index in [-0.39, 0.29) is 6.61 Å². The van der Waals surface area contributed by atoms with Crippen molar-refractivity contribution in [2.45, 2.75) is 0 Å². The van der Waals surface area contributed by atoms with Gasteiger partial charge in [-0.2, -0.15) is 5.26 Å². The number of hydrogen-bond donors (Lipinski definition) is 1. The molecule has 71 valence electrons. The summed E-state index contributed by atoms with van der Waals surface area (Å²) in [5, 5.41) is 8.23. The molecule has 0 aromatic carbocycles. The first-order valence-corrected chi connectivity index (χ1v) is 3.82. The van der Waals surface area contributed by atoms with Crippen LogP contribution in [-0.4, -0.2) is 17.5 Å². The largest absolute Gasteiger partial charge is 0.462 e. The molecule has 0 bridgehead atoms. The van der Waals surface area contributed by atoms with Crippen LogP contribution in [0.5, 0.6) is 5.88 Å². The predicted molar refractivity (Wildman–Crippen MR) is 47.9 cm³/mol. The van der Waals surface area contributed by atoms with Gasteiger partial charge in [0.2, 0.25) is 11.8 Å². The van der Waals surface area contributed by atoms with Crippen LogP contribution in [0.3, 0.4) is 0 Å². The van der Waals surface area contributed by atoms with Crippen molar-refractivity contribution in [1.29, 1.82) is 5.26 Å². The molecule has 0 spiro atoms. The molecule has 0 atom stereocenters. The Kier molecular flexibility index (Phi) is 3.44. The smallest absolute Gasteiger partial charge is 0.226 e. The number of pyridine rings is 1. The average Bonchev–Trinajstić information content (AvgIpc) is 2.16. The first-order chi connectivity index (χ1) is 6.72. The molecule has 1 aromatic heterocycles. The van der Waals surface area contributed by atoms with Gasteiger partial charge in [-0.3, -0.25) is 4.79 Å². The summed E-state index contributed by atoms with van der Waals surface area (Å²) >= 11 is 0. The van der Waals surface area contributed by atoms with Gasteiger partial charge in [-0.15, -0.1) is 0 Å². The van der Waals surface area contributed by atoms with Gasteiger partial charge in [0.05, 0.1) is 6.42 Å². The molecule has 2 N–H and O–H groups in total. The lowest BCUT2D eigenvalue weighted by molar-refractivity contribution is -0.114. The Labute approximate surface area is 81.1 Å². The van der Waals surface area contributed by atoms with E-state index < -0.39 is 5.91 Å². The topological polar surface area (TPSA) is 89.0 Å². The Morgan fingerprint density at radius 1 is 1.71 bits per heavy atom. The van der Waals surface area contributed by atoms with Gasteiger partial charge in [-0.1, -0.05) is 6.07 Å². The van der Waals surface area contributed by atoms with Crippen LogP contribution in [0, 0.1) is 17.8 Å². The average molecular weight is 190 g/mol. The van der Waals surface area contributed by atoms with Crippen molar-refractivity contribution in [1.82, 2.24) is 4.98 Å². The summed E-state index contributed by atoms with van der Waals surface area (Å²) in [6.07, 6.45) is 2.69. The molecule has 1 radical (unpaired) electrons. The summed E-state index contributed by atoms with van der Waals surface area (Å²) in [6.45, 7) is -0.0497. The minimum atomic E-state index is -0.530. The molecule has 0 aliphatic heterocycles. The lowest BCUT2D eigenvalue weighted by Crippen LogP contribution is -2.11. The number of aromatic nitrogens is 1. The molecule has 0 aliphatic carbocycles. The van der Waals surface area contributed by atoms with E-state index in [0.717, 1.165) is 0 Å². The molecule has 0 aliphatic rings. The molecule has 0 unspecified atom stereocenters. The predicted octanol–water partition coefficient (Wildman–Crippen LogP) is 0.0217. The molecular formula is C9H8N3O2. The lowest BCUT2D eigenvalue weighted by Gasteiger charge is -2.00. The summed E-state index contributed by atoms with van der Waals surface area (Å²) in [6, 6.07) is 5.01. The van der Waals surface area contributed by atoms with Crippen LogP contribution < -0.4 is 10.5 Å². The molecule has 1 aromatic rings. The van der Waals surface area contributed by atoms with Crippen LogP contribution in [0.4, 0.5) is 0 Å². The van der Waals surface area contributed by atoms with Crippen molar-refractivity contribution >= 4 is 5.91 Å². The first-order valence-electron chi connectivity index (χ1n) is 3.82. The van der Waals surface area contributed by atoms with E-state index in [2.05, 4.69) is 4.98 Å². The normalized spacial score (nSPS) is 9.07. The minimum absolute atomic E-state index is 0.0497. The third kappa shape index (κ3) is 3.11. The molecule has 1 amide bonds. The highest BCUT2D eigenvalue weighted by Gasteiger charge is 2.00. The van der Waals surface area contributed by atoms with E-state index in [4.69, 9.17) is 15.7 Å². The summed E-state index contributed by atoms with van der Waals surface area (Å²) in [7, 11) is 0. The zero-order valence-electron chi connectivity index (χ0n) is 7.30. The van der Waals surface area contributed by atoms with E-state index in [1.54, 1.807) is 12.1 Å². The second kappa shape index (κ2) is 4.82. The Bertz CT molecular complexity index is 353. The second-order valence-corrected chi connectivity index (χ2v) is 2.42. The van der Waals surface area contributed by atoms with Crippen molar-refractivity contribution < 1.29 is 9.53 Å². The summed E-state index contributed by atoms with van der Waals surface area (Å²) in [5.41, 5.74) is 5.55. The lowest BCUT2D eigenvalue weighted by atomic mass is 10.2. The summed E-state index contributed by atoms with van der Waals surface area (Å²) < 4.78 is 4.91. The van der Waals surface area contributed by atoms with Crippen molar-refractivity contribution in [3.63, 3.8) is 0 Å². The Morgan fingerprint density at radius 2 is 2.50 bits per heavy atom. The zero-order valence-corrected chi connectivity index (χ0v) is 7.30. The minimum Gasteiger partial charge on any atom is -0.462 e. The van der Waals surface area contributed by atoms with Crippen molar-refractivity contribution in [2.75, 3.05) is 6.61 Å². The molecule has 1 rings (SSSR count). The van der Waals surface area contributed by atoms with Gasteiger partial charge < -0.3 is 10.5 Å². The van der Waals surface area contributed by atoms with E-state index in [1.807, 2.05) is 6.07 Å². The molecule has 5 heteroatoms. The monoisotopic (exact) mass is 190 g/mol. The number of amides is 1. The summed E-state index contributed by atoms with van der Waals surface area (Å²) in [5.74, 6) is -0.189. The highest BCUT2D eigenvalue weighted by molar-refractivity contribution is 5.86. The number of rotatable bonds is 4. The van der Waals surface area contributed by atoms with Crippen LogP contribution in [0.2, 0.25) is 0 Å².